The molecule has 0 spiro atoms. The Hall–Kier alpha value is -3.39. The largest absolute Gasteiger partial charge is 0.493 e. The average molecular weight is 449 g/mol. The molecular weight excluding hydrogens is 420 g/mol. The van der Waals surface area contributed by atoms with E-state index in [1.54, 1.807) is 26.6 Å². The Balaban J connectivity index is 1.57. The molecule has 5 rings (SSSR count). The molecule has 0 saturated carbocycles. The molecule has 3 aromatic rings. The highest BCUT2D eigenvalue weighted by atomic mass is 16.5. The van der Waals surface area contributed by atoms with Gasteiger partial charge in [0.1, 0.15) is 6.61 Å². The van der Waals surface area contributed by atoms with Gasteiger partial charge in [-0.3, -0.25) is 0 Å². The van der Waals surface area contributed by atoms with E-state index in [-0.39, 0.29) is 12.6 Å². The number of rotatable bonds is 5. The van der Waals surface area contributed by atoms with Gasteiger partial charge in [-0.2, -0.15) is 0 Å². The SMILES string of the molecule is COc1cc2cc3c(c(-c4cnc(N5CCC(N(C)C)CC5)nc4)c2cc1OC)C(=O)OC3. The van der Waals surface area contributed by atoms with Gasteiger partial charge in [-0.15, -0.1) is 0 Å². The van der Waals surface area contributed by atoms with E-state index in [0.29, 0.717) is 23.1 Å². The first-order chi connectivity index (χ1) is 16.0. The van der Waals surface area contributed by atoms with Crippen LogP contribution in [0.1, 0.15) is 28.8 Å². The minimum atomic E-state index is -0.327. The summed E-state index contributed by atoms with van der Waals surface area (Å²) in [6.07, 6.45) is 5.78. The van der Waals surface area contributed by atoms with Crippen LogP contribution in [0.4, 0.5) is 5.95 Å². The first-order valence-electron chi connectivity index (χ1n) is 11.1. The number of aromatic nitrogens is 2. The fraction of sp³-hybridized carbons (Fsp3) is 0.400. The van der Waals surface area contributed by atoms with Crippen molar-refractivity contribution in [2.75, 3.05) is 46.3 Å². The molecule has 2 aliphatic rings. The van der Waals surface area contributed by atoms with Gasteiger partial charge in [-0.05, 0) is 55.9 Å². The number of cyclic esters (lactones) is 1. The lowest BCUT2D eigenvalue weighted by Crippen LogP contribution is -2.42. The third kappa shape index (κ3) is 3.74. The molecule has 0 radical (unpaired) electrons. The number of anilines is 1. The number of nitrogens with zero attached hydrogens (tertiary/aromatic N) is 4. The summed E-state index contributed by atoms with van der Waals surface area (Å²) in [5.74, 6) is 1.62. The minimum absolute atomic E-state index is 0.255. The van der Waals surface area contributed by atoms with Crippen LogP contribution in [0.25, 0.3) is 21.9 Å². The van der Waals surface area contributed by atoms with Crippen LogP contribution in [-0.4, -0.2) is 68.3 Å². The highest BCUT2D eigenvalue weighted by Gasteiger charge is 2.29. The molecule has 0 aliphatic carbocycles. The van der Waals surface area contributed by atoms with Gasteiger partial charge in [0.15, 0.2) is 11.5 Å². The van der Waals surface area contributed by atoms with Crippen molar-refractivity contribution in [3.63, 3.8) is 0 Å². The molecule has 3 heterocycles. The maximum Gasteiger partial charge on any atom is 0.339 e. The van der Waals surface area contributed by atoms with E-state index < -0.39 is 0 Å². The minimum Gasteiger partial charge on any atom is -0.493 e. The lowest BCUT2D eigenvalue weighted by molar-refractivity contribution is 0.0535. The molecular formula is C25H28N4O4. The Morgan fingerprint density at radius 1 is 1.00 bits per heavy atom. The lowest BCUT2D eigenvalue weighted by Gasteiger charge is -2.35. The van der Waals surface area contributed by atoms with Crippen molar-refractivity contribution < 1.29 is 19.0 Å². The summed E-state index contributed by atoms with van der Waals surface area (Å²) in [5.41, 5.74) is 2.96. The molecule has 2 aromatic carbocycles. The van der Waals surface area contributed by atoms with E-state index in [1.165, 1.54) is 0 Å². The number of esters is 1. The molecule has 0 atom stereocenters. The van der Waals surface area contributed by atoms with Gasteiger partial charge >= 0.3 is 5.97 Å². The lowest BCUT2D eigenvalue weighted by atomic mass is 9.91. The standard InChI is InChI=1S/C25H28N4O4/c1-28(2)18-5-7-29(8-6-18)25-26-12-17(13-27-25)22-19-11-21(32-4)20(31-3)10-15(19)9-16-14-33-24(30)23(16)22/h9-13,18H,5-8,14H2,1-4H3. The number of hydrogen-bond acceptors (Lipinski definition) is 8. The molecule has 172 valence electrons. The van der Waals surface area contributed by atoms with Crippen LogP contribution >= 0.6 is 0 Å². The van der Waals surface area contributed by atoms with E-state index in [9.17, 15) is 4.79 Å². The molecule has 1 saturated heterocycles. The first kappa shape index (κ1) is 21.5. The Bertz CT molecular complexity index is 1200. The number of hydrogen-bond donors (Lipinski definition) is 0. The molecule has 33 heavy (non-hydrogen) atoms. The summed E-state index contributed by atoms with van der Waals surface area (Å²) >= 11 is 0. The molecule has 8 nitrogen and oxygen atoms in total. The number of carbonyl (C=O) groups is 1. The van der Waals surface area contributed by atoms with Gasteiger partial charge in [-0.1, -0.05) is 0 Å². The number of piperidine rings is 1. The Morgan fingerprint density at radius 3 is 2.30 bits per heavy atom. The second-order valence-corrected chi connectivity index (χ2v) is 8.74. The van der Waals surface area contributed by atoms with E-state index in [2.05, 4.69) is 33.9 Å². The van der Waals surface area contributed by atoms with E-state index in [4.69, 9.17) is 14.2 Å². The first-order valence-corrected chi connectivity index (χ1v) is 11.1. The third-order valence-corrected chi connectivity index (χ3v) is 6.69. The predicted molar refractivity (Wildman–Crippen MR) is 126 cm³/mol. The van der Waals surface area contributed by atoms with Crippen molar-refractivity contribution in [2.24, 2.45) is 0 Å². The summed E-state index contributed by atoms with van der Waals surface area (Å²) < 4.78 is 16.4. The summed E-state index contributed by atoms with van der Waals surface area (Å²) in [6, 6.07) is 6.39. The Kier molecular flexibility index (Phi) is 5.54. The van der Waals surface area contributed by atoms with Crippen LogP contribution in [0.3, 0.4) is 0 Å². The van der Waals surface area contributed by atoms with E-state index in [1.807, 2.05) is 18.2 Å². The quantitative estimate of drug-likeness (QED) is 0.549. The molecule has 8 heteroatoms. The Morgan fingerprint density at radius 2 is 1.67 bits per heavy atom. The Labute approximate surface area is 193 Å². The van der Waals surface area contributed by atoms with Crippen molar-refractivity contribution >= 4 is 22.7 Å². The highest BCUT2D eigenvalue weighted by Crippen LogP contribution is 2.42. The van der Waals surface area contributed by atoms with Gasteiger partial charge in [0.05, 0.1) is 19.8 Å². The van der Waals surface area contributed by atoms with Crippen molar-refractivity contribution in [3.05, 3.63) is 41.7 Å². The number of ether oxygens (including phenoxy) is 3. The summed E-state index contributed by atoms with van der Waals surface area (Å²) in [5, 5.41) is 1.81. The number of fused-ring (bicyclic) bond motifs is 2. The zero-order valence-electron chi connectivity index (χ0n) is 19.4. The highest BCUT2D eigenvalue weighted by molar-refractivity contribution is 6.11. The fourth-order valence-electron chi connectivity index (χ4n) is 4.84. The topological polar surface area (TPSA) is 77.0 Å². The van der Waals surface area contributed by atoms with Gasteiger partial charge in [-0.25, -0.2) is 14.8 Å². The molecule has 1 fully saturated rings. The molecule has 0 unspecified atom stereocenters. The summed E-state index contributed by atoms with van der Waals surface area (Å²) in [7, 11) is 7.47. The second kappa shape index (κ2) is 8.51. The monoisotopic (exact) mass is 448 g/mol. The third-order valence-electron chi connectivity index (χ3n) is 6.69. The van der Waals surface area contributed by atoms with Crippen molar-refractivity contribution in [1.82, 2.24) is 14.9 Å². The number of carbonyl (C=O) groups excluding carboxylic acids is 1. The number of benzene rings is 2. The molecule has 2 aliphatic heterocycles. The summed E-state index contributed by atoms with van der Waals surface area (Å²) in [4.78, 5) is 26.5. The average Bonchev–Trinajstić information content (AvgIpc) is 3.21. The van der Waals surface area contributed by atoms with E-state index >= 15 is 0 Å². The maximum atomic E-state index is 12.6. The second-order valence-electron chi connectivity index (χ2n) is 8.74. The summed E-state index contributed by atoms with van der Waals surface area (Å²) in [6.45, 7) is 2.11. The predicted octanol–water partition coefficient (Wildman–Crippen LogP) is 3.51. The molecule has 1 aromatic heterocycles. The van der Waals surface area contributed by atoms with Crippen LogP contribution in [0.15, 0.2) is 30.6 Å². The maximum absolute atomic E-state index is 12.6. The van der Waals surface area contributed by atoms with Crippen LogP contribution in [0.2, 0.25) is 0 Å². The van der Waals surface area contributed by atoms with Crippen LogP contribution in [-0.2, 0) is 11.3 Å². The zero-order valence-corrected chi connectivity index (χ0v) is 19.4. The van der Waals surface area contributed by atoms with Crippen molar-refractivity contribution in [3.8, 4) is 22.6 Å². The van der Waals surface area contributed by atoms with Gasteiger partial charge in [0, 0.05) is 48.2 Å². The van der Waals surface area contributed by atoms with Crippen molar-refractivity contribution in [1.29, 1.82) is 0 Å². The normalized spacial score (nSPS) is 16.3. The molecule has 0 N–H and O–H groups in total. The van der Waals surface area contributed by atoms with Gasteiger partial charge < -0.3 is 24.0 Å². The van der Waals surface area contributed by atoms with Crippen molar-refractivity contribution in [2.45, 2.75) is 25.5 Å². The van der Waals surface area contributed by atoms with Crippen LogP contribution in [0, 0.1) is 0 Å². The molecule has 0 amide bonds. The van der Waals surface area contributed by atoms with Crippen LogP contribution < -0.4 is 14.4 Å². The smallest absolute Gasteiger partial charge is 0.339 e. The number of methoxy groups -OCH3 is 2. The van der Waals surface area contributed by atoms with Gasteiger partial charge in [0.2, 0.25) is 5.95 Å². The van der Waals surface area contributed by atoms with Crippen LogP contribution in [0.5, 0.6) is 11.5 Å². The fourth-order valence-corrected chi connectivity index (χ4v) is 4.84. The zero-order chi connectivity index (χ0) is 23.1. The van der Waals surface area contributed by atoms with E-state index in [0.717, 1.165) is 59.3 Å². The molecule has 0 bridgehead atoms. The van der Waals surface area contributed by atoms with Gasteiger partial charge in [0.25, 0.3) is 0 Å².